The van der Waals surface area contributed by atoms with Gasteiger partial charge in [-0.1, -0.05) is 17.7 Å². The highest BCUT2D eigenvalue weighted by Gasteiger charge is 2.33. The van der Waals surface area contributed by atoms with Crippen LogP contribution in [0.15, 0.2) is 18.2 Å². The Morgan fingerprint density at radius 1 is 1.24 bits per heavy atom. The van der Waals surface area contributed by atoms with Crippen molar-refractivity contribution in [2.75, 3.05) is 0 Å². The SMILES string of the molecule is NCc1nc(Cl)c2cccc(C(F)(F)F)c2n1. The standard InChI is InChI=1S/C10H7ClF3N3/c11-9-5-2-1-3-6(10(12,13)14)8(5)16-7(4-15)17-9/h1-3H,4,15H2. The van der Waals surface area contributed by atoms with Crippen molar-refractivity contribution in [3.05, 3.63) is 34.7 Å². The molecule has 0 radical (unpaired) electrons. The summed E-state index contributed by atoms with van der Waals surface area (Å²) in [5.74, 6) is 0.0826. The second kappa shape index (κ2) is 4.12. The fraction of sp³-hybridized carbons (Fsp3) is 0.200. The van der Waals surface area contributed by atoms with E-state index < -0.39 is 11.7 Å². The normalized spacial score (nSPS) is 12.1. The second-order valence-corrected chi connectivity index (χ2v) is 3.69. The Hall–Kier alpha value is -1.40. The van der Waals surface area contributed by atoms with Crippen molar-refractivity contribution < 1.29 is 13.2 Å². The monoisotopic (exact) mass is 261 g/mol. The van der Waals surface area contributed by atoms with E-state index in [0.29, 0.717) is 0 Å². The van der Waals surface area contributed by atoms with Crippen LogP contribution in [-0.2, 0) is 12.7 Å². The van der Waals surface area contributed by atoms with Crippen LogP contribution in [0.25, 0.3) is 10.9 Å². The third kappa shape index (κ3) is 2.18. The molecule has 7 heteroatoms. The zero-order chi connectivity index (χ0) is 12.6. The molecule has 2 aromatic rings. The molecule has 0 saturated carbocycles. The third-order valence-corrected chi connectivity index (χ3v) is 2.50. The molecule has 0 aliphatic heterocycles. The van der Waals surface area contributed by atoms with Crippen molar-refractivity contribution in [2.45, 2.75) is 12.7 Å². The van der Waals surface area contributed by atoms with E-state index in [1.54, 1.807) is 0 Å². The molecule has 0 amide bonds. The number of benzene rings is 1. The van der Waals surface area contributed by atoms with E-state index in [-0.39, 0.29) is 28.4 Å². The zero-order valence-electron chi connectivity index (χ0n) is 8.42. The highest BCUT2D eigenvalue weighted by atomic mass is 35.5. The average molecular weight is 262 g/mol. The predicted octanol–water partition coefficient (Wildman–Crippen LogP) is 2.76. The van der Waals surface area contributed by atoms with Crippen LogP contribution in [0.5, 0.6) is 0 Å². The Morgan fingerprint density at radius 2 is 1.94 bits per heavy atom. The molecule has 0 aliphatic carbocycles. The van der Waals surface area contributed by atoms with Gasteiger partial charge in [0.05, 0.1) is 17.6 Å². The summed E-state index contributed by atoms with van der Waals surface area (Å²) in [7, 11) is 0. The molecule has 3 nitrogen and oxygen atoms in total. The molecule has 0 atom stereocenters. The molecule has 0 unspecified atom stereocenters. The maximum atomic E-state index is 12.8. The van der Waals surface area contributed by atoms with E-state index in [9.17, 15) is 13.2 Å². The van der Waals surface area contributed by atoms with E-state index in [0.717, 1.165) is 6.07 Å². The Balaban J connectivity index is 2.83. The van der Waals surface area contributed by atoms with Gasteiger partial charge in [0.15, 0.2) is 0 Å². The van der Waals surface area contributed by atoms with Gasteiger partial charge in [-0.2, -0.15) is 13.2 Å². The van der Waals surface area contributed by atoms with Gasteiger partial charge in [-0.25, -0.2) is 9.97 Å². The topological polar surface area (TPSA) is 51.8 Å². The third-order valence-electron chi connectivity index (χ3n) is 2.21. The van der Waals surface area contributed by atoms with E-state index in [1.165, 1.54) is 12.1 Å². The summed E-state index contributed by atoms with van der Waals surface area (Å²) in [6, 6.07) is 3.65. The van der Waals surface area contributed by atoms with E-state index in [1.807, 2.05) is 0 Å². The molecule has 0 bridgehead atoms. The Morgan fingerprint density at radius 3 is 2.53 bits per heavy atom. The van der Waals surface area contributed by atoms with E-state index >= 15 is 0 Å². The number of hydrogen-bond donors (Lipinski definition) is 1. The van der Waals surface area contributed by atoms with Crippen molar-refractivity contribution in [1.29, 1.82) is 0 Å². The summed E-state index contributed by atoms with van der Waals surface area (Å²) in [5, 5.41) is 0.139. The number of para-hydroxylation sites is 1. The Kier molecular flexibility index (Phi) is 2.92. The molecule has 0 aliphatic rings. The van der Waals surface area contributed by atoms with Gasteiger partial charge in [0.1, 0.15) is 11.0 Å². The molecule has 17 heavy (non-hydrogen) atoms. The van der Waals surface area contributed by atoms with Crippen LogP contribution >= 0.6 is 11.6 Å². The lowest BCUT2D eigenvalue weighted by atomic mass is 10.1. The summed E-state index contributed by atoms with van der Waals surface area (Å²) in [5.41, 5.74) is 4.24. The summed E-state index contributed by atoms with van der Waals surface area (Å²) >= 11 is 5.79. The lowest BCUT2D eigenvalue weighted by molar-refractivity contribution is -0.136. The minimum atomic E-state index is -4.48. The summed E-state index contributed by atoms with van der Waals surface area (Å²) in [4.78, 5) is 7.59. The van der Waals surface area contributed by atoms with Gasteiger partial charge in [0.2, 0.25) is 0 Å². The van der Waals surface area contributed by atoms with Crippen LogP contribution in [0.2, 0.25) is 5.15 Å². The zero-order valence-corrected chi connectivity index (χ0v) is 9.18. The minimum Gasteiger partial charge on any atom is -0.324 e. The maximum absolute atomic E-state index is 12.8. The first-order chi connectivity index (χ1) is 7.93. The van der Waals surface area contributed by atoms with Gasteiger partial charge in [0.25, 0.3) is 0 Å². The molecule has 0 saturated heterocycles. The Labute approximate surface area is 99.4 Å². The number of nitrogens with two attached hydrogens (primary N) is 1. The van der Waals surface area contributed by atoms with Gasteiger partial charge in [0, 0.05) is 5.39 Å². The summed E-state index contributed by atoms with van der Waals surface area (Å²) < 4.78 is 38.3. The molecule has 1 heterocycles. The second-order valence-electron chi connectivity index (χ2n) is 3.33. The molecule has 1 aromatic heterocycles. The molecule has 2 rings (SSSR count). The molecule has 1 aromatic carbocycles. The van der Waals surface area contributed by atoms with Crippen LogP contribution in [-0.4, -0.2) is 9.97 Å². The lowest BCUT2D eigenvalue weighted by Crippen LogP contribution is -2.09. The molecule has 90 valence electrons. The molecule has 0 spiro atoms. The van der Waals surface area contributed by atoms with Gasteiger partial charge in [-0.05, 0) is 12.1 Å². The fourth-order valence-corrected chi connectivity index (χ4v) is 1.73. The van der Waals surface area contributed by atoms with Crippen molar-refractivity contribution >= 4 is 22.5 Å². The van der Waals surface area contributed by atoms with Crippen molar-refractivity contribution in [3.8, 4) is 0 Å². The van der Waals surface area contributed by atoms with Crippen LogP contribution in [0.1, 0.15) is 11.4 Å². The number of alkyl halides is 3. The summed E-state index contributed by atoms with van der Waals surface area (Å²) in [6.45, 7) is -0.0676. The molecular weight excluding hydrogens is 255 g/mol. The molecular formula is C10H7ClF3N3. The smallest absolute Gasteiger partial charge is 0.324 e. The molecule has 0 fully saturated rings. The fourth-order valence-electron chi connectivity index (χ4n) is 1.48. The lowest BCUT2D eigenvalue weighted by Gasteiger charge is -2.10. The van der Waals surface area contributed by atoms with Crippen molar-refractivity contribution in [1.82, 2.24) is 9.97 Å². The first-order valence-electron chi connectivity index (χ1n) is 4.66. The largest absolute Gasteiger partial charge is 0.418 e. The van der Waals surface area contributed by atoms with Crippen molar-refractivity contribution in [3.63, 3.8) is 0 Å². The number of nitrogens with zero attached hydrogens (tertiary/aromatic N) is 2. The van der Waals surface area contributed by atoms with E-state index in [2.05, 4.69) is 9.97 Å². The first kappa shape index (κ1) is 12.1. The Bertz CT molecular complexity index is 568. The number of hydrogen-bond acceptors (Lipinski definition) is 3. The van der Waals surface area contributed by atoms with Crippen LogP contribution < -0.4 is 5.73 Å². The minimum absolute atomic E-state index is 0.0263. The van der Waals surface area contributed by atoms with Crippen LogP contribution in [0, 0.1) is 0 Å². The van der Waals surface area contributed by atoms with Gasteiger partial charge in [-0.3, -0.25) is 0 Å². The van der Waals surface area contributed by atoms with Gasteiger partial charge < -0.3 is 5.73 Å². The van der Waals surface area contributed by atoms with Crippen LogP contribution in [0.4, 0.5) is 13.2 Å². The molecule has 2 N–H and O–H groups in total. The first-order valence-corrected chi connectivity index (χ1v) is 5.03. The number of halogens is 4. The number of fused-ring (bicyclic) bond motifs is 1. The van der Waals surface area contributed by atoms with Crippen molar-refractivity contribution in [2.24, 2.45) is 5.73 Å². The highest BCUT2D eigenvalue weighted by molar-refractivity contribution is 6.34. The van der Waals surface area contributed by atoms with Gasteiger partial charge >= 0.3 is 6.18 Å². The quantitative estimate of drug-likeness (QED) is 0.803. The maximum Gasteiger partial charge on any atom is 0.418 e. The predicted molar refractivity (Wildman–Crippen MR) is 57.4 cm³/mol. The van der Waals surface area contributed by atoms with Crippen LogP contribution in [0.3, 0.4) is 0 Å². The highest BCUT2D eigenvalue weighted by Crippen LogP contribution is 2.35. The van der Waals surface area contributed by atoms with Gasteiger partial charge in [-0.15, -0.1) is 0 Å². The number of rotatable bonds is 1. The number of aromatic nitrogens is 2. The average Bonchev–Trinajstić information content (AvgIpc) is 2.26. The summed E-state index contributed by atoms with van der Waals surface area (Å²) in [6.07, 6.45) is -4.48. The van der Waals surface area contributed by atoms with E-state index in [4.69, 9.17) is 17.3 Å².